The number of carbonyl (C=O) groups excluding carboxylic acids is 2. The number of halogens is 1. The molecule has 1 atom stereocenters. The Morgan fingerprint density at radius 3 is 2.57 bits per heavy atom. The van der Waals surface area contributed by atoms with E-state index < -0.39 is 0 Å². The molecule has 1 fully saturated rings. The third-order valence-electron chi connectivity index (χ3n) is 4.98. The molecule has 1 N–H and O–H groups in total. The predicted molar refractivity (Wildman–Crippen MR) is 106 cm³/mol. The number of ether oxygens (including phenoxy) is 2. The molecule has 1 saturated heterocycles. The maximum atomic E-state index is 12.7. The molecule has 0 radical (unpaired) electrons. The summed E-state index contributed by atoms with van der Waals surface area (Å²) in [4.78, 5) is 27.2. The Labute approximate surface area is 168 Å². The molecule has 0 bridgehead atoms. The average Bonchev–Trinajstić information content (AvgIpc) is 2.74. The highest BCUT2D eigenvalue weighted by Crippen LogP contribution is 2.33. The zero-order valence-corrected chi connectivity index (χ0v) is 16.1. The van der Waals surface area contributed by atoms with Gasteiger partial charge in [-0.1, -0.05) is 11.6 Å². The number of nitrogens with one attached hydrogen (secondary N) is 1. The van der Waals surface area contributed by atoms with Crippen LogP contribution in [0, 0.1) is 5.92 Å². The van der Waals surface area contributed by atoms with Crippen molar-refractivity contribution in [3.05, 3.63) is 53.1 Å². The second-order valence-electron chi connectivity index (χ2n) is 6.94. The molecule has 0 spiro atoms. The Hall–Kier alpha value is -2.73. The normalized spacial score (nSPS) is 18.5. The molecule has 2 aromatic rings. The van der Waals surface area contributed by atoms with Gasteiger partial charge >= 0.3 is 0 Å². The van der Waals surface area contributed by atoms with Crippen LogP contribution in [-0.4, -0.2) is 43.0 Å². The summed E-state index contributed by atoms with van der Waals surface area (Å²) < 4.78 is 11.1. The van der Waals surface area contributed by atoms with Gasteiger partial charge in [0.05, 0.1) is 5.92 Å². The van der Waals surface area contributed by atoms with Gasteiger partial charge in [-0.3, -0.25) is 9.59 Å². The van der Waals surface area contributed by atoms with Gasteiger partial charge in [-0.25, -0.2) is 0 Å². The van der Waals surface area contributed by atoms with Crippen LogP contribution in [0.5, 0.6) is 11.5 Å². The first-order valence-corrected chi connectivity index (χ1v) is 9.73. The summed E-state index contributed by atoms with van der Waals surface area (Å²) in [5.41, 5.74) is 1.24. The topological polar surface area (TPSA) is 67.9 Å². The van der Waals surface area contributed by atoms with Gasteiger partial charge in [0.2, 0.25) is 5.91 Å². The van der Waals surface area contributed by atoms with Gasteiger partial charge < -0.3 is 19.7 Å². The molecule has 6 nitrogen and oxygen atoms in total. The van der Waals surface area contributed by atoms with E-state index in [0.29, 0.717) is 54.1 Å². The van der Waals surface area contributed by atoms with Crippen molar-refractivity contribution in [2.45, 2.75) is 12.8 Å². The SMILES string of the molecule is O=C(Nc1ccc2c(c1)OCCO2)C1CCCN(C(=O)c2ccc(Cl)cc2)C1. The van der Waals surface area contributed by atoms with Crippen molar-refractivity contribution < 1.29 is 19.1 Å². The summed E-state index contributed by atoms with van der Waals surface area (Å²) in [7, 11) is 0. The Morgan fingerprint density at radius 2 is 1.79 bits per heavy atom. The van der Waals surface area contributed by atoms with Crippen LogP contribution in [0.4, 0.5) is 5.69 Å². The van der Waals surface area contributed by atoms with E-state index >= 15 is 0 Å². The minimum atomic E-state index is -0.252. The number of rotatable bonds is 3. The summed E-state index contributed by atoms with van der Waals surface area (Å²) in [5.74, 6) is 0.894. The molecule has 0 aliphatic carbocycles. The third-order valence-corrected chi connectivity index (χ3v) is 5.23. The monoisotopic (exact) mass is 400 g/mol. The van der Waals surface area contributed by atoms with E-state index in [0.717, 1.165) is 12.8 Å². The summed E-state index contributed by atoms with van der Waals surface area (Å²) in [6.07, 6.45) is 1.54. The van der Waals surface area contributed by atoms with Crippen molar-refractivity contribution >= 4 is 29.1 Å². The van der Waals surface area contributed by atoms with Gasteiger partial charge in [-0.2, -0.15) is 0 Å². The van der Waals surface area contributed by atoms with Gasteiger partial charge in [0, 0.05) is 35.4 Å². The van der Waals surface area contributed by atoms with Gasteiger partial charge in [0.25, 0.3) is 5.91 Å². The summed E-state index contributed by atoms with van der Waals surface area (Å²) in [6, 6.07) is 12.2. The van der Waals surface area contributed by atoms with Crippen LogP contribution < -0.4 is 14.8 Å². The fourth-order valence-corrected chi connectivity index (χ4v) is 3.64. The average molecular weight is 401 g/mol. The first-order valence-electron chi connectivity index (χ1n) is 9.35. The van der Waals surface area contributed by atoms with E-state index in [-0.39, 0.29) is 17.7 Å². The Kier molecular flexibility index (Phi) is 5.39. The van der Waals surface area contributed by atoms with E-state index in [9.17, 15) is 9.59 Å². The molecule has 1 unspecified atom stereocenters. The van der Waals surface area contributed by atoms with Crippen LogP contribution in [0.3, 0.4) is 0 Å². The number of anilines is 1. The van der Waals surface area contributed by atoms with Gasteiger partial charge in [0.1, 0.15) is 13.2 Å². The van der Waals surface area contributed by atoms with Crippen LogP contribution in [0.2, 0.25) is 5.02 Å². The standard InChI is InChI=1S/C21H21ClN2O4/c22-16-5-3-14(4-6-16)21(26)24-9-1-2-15(13-24)20(25)23-17-7-8-18-19(12-17)28-11-10-27-18/h3-8,12,15H,1-2,9-11,13H2,(H,23,25). The minimum Gasteiger partial charge on any atom is -0.486 e. The molecule has 7 heteroatoms. The maximum Gasteiger partial charge on any atom is 0.253 e. The van der Waals surface area contributed by atoms with Crippen molar-refractivity contribution in [1.82, 2.24) is 4.90 Å². The smallest absolute Gasteiger partial charge is 0.253 e. The first kappa shape index (κ1) is 18.6. The van der Waals surface area contributed by atoms with Crippen molar-refractivity contribution in [2.75, 3.05) is 31.6 Å². The molecule has 2 aliphatic rings. The molecule has 28 heavy (non-hydrogen) atoms. The quantitative estimate of drug-likeness (QED) is 0.854. The lowest BCUT2D eigenvalue weighted by Crippen LogP contribution is -2.43. The first-order chi connectivity index (χ1) is 13.6. The van der Waals surface area contributed by atoms with Crippen LogP contribution in [-0.2, 0) is 4.79 Å². The van der Waals surface area contributed by atoms with Gasteiger partial charge in [-0.15, -0.1) is 0 Å². The second kappa shape index (κ2) is 8.10. The van der Waals surface area contributed by atoms with Gasteiger partial charge in [-0.05, 0) is 49.2 Å². The molecule has 2 aliphatic heterocycles. The van der Waals surface area contributed by atoms with E-state index in [1.165, 1.54) is 0 Å². The van der Waals surface area contributed by atoms with Crippen molar-refractivity contribution in [1.29, 1.82) is 0 Å². The predicted octanol–water partition coefficient (Wildman–Crippen LogP) is 3.60. The van der Waals surface area contributed by atoms with Crippen LogP contribution in [0.1, 0.15) is 23.2 Å². The number of fused-ring (bicyclic) bond motifs is 1. The van der Waals surface area contributed by atoms with Crippen LogP contribution >= 0.6 is 11.6 Å². The largest absolute Gasteiger partial charge is 0.486 e. The molecule has 0 saturated carbocycles. The highest BCUT2D eigenvalue weighted by atomic mass is 35.5. The molecule has 4 rings (SSSR count). The Morgan fingerprint density at radius 1 is 1.04 bits per heavy atom. The van der Waals surface area contributed by atoms with Crippen molar-refractivity contribution in [3.63, 3.8) is 0 Å². The molecular formula is C21H21ClN2O4. The zero-order valence-electron chi connectivity index (χ0n) is 15.3. The van der Waals surface area contributed by atoms with Crippen LogP contribution in [0.15, 0.2) is 42.5 Å². The fourth-order valence-electron chi connectivity index (χ4n) is 3.52. The lowest BCUT2D eigenvalue weighted by molar-refractivity contribution is -0.121. The highest BCUT2D eigenvalue weighted by molar-refractivity contribution is 6.30. The highest BCUT2D eigenvalue weighted by Gasteiger charge is 2.29. The lowest BCUT2D eigenvalue weighted by atomic mass is 9.96. The summed E-state index contributed by atoms with van der Waals surface area (Å²) in [6.45, 7) is 2.07. The molecule has 2 heterocycles. The van der Waals surface area contributed by atoms with E-state index in [4.69, 9.17) is 21.1 Å². The molecule has 2 amide bonds. The number of benzene rings is 2. The zero-order chi connectivity index (χ0) is 19.5. The summed E-state index contributed by atoms with van der Waals surface area (Å²) in [5, 5.41) is 3.53. The van der Waals surface area contributed by atoms with E-state index in [1.807, 2.05) is 0 Å². The molecular weight excluding hydrogens is 380 g/mol. The fraction of sp³-hybridized carbons (Fsp3) is 0.333. The van der Waals surface area contributed by atoms with Crippen molar-refractivity contribution in [2.24, 2.45) is 5.92 Å². The number of hydrogen-bond acceptors (Lipinski definition) is 4. The third kappa shape index (κ3) is 4.07. The minimum absolute atomic E-state index is 0.0755. The molecule has 146 valence electrons. The van der Waals surface area contributed by atoms with Gasteiger partial charge in [0.15, 0.2) is 11.5 Å². The molecule has 0 aromatic heterocycles. The Bertz CT molecular complexity index is 884. The summed E-state index contributed by atoms with van der Waals surface area (Å²) >= 11 is 5.89. The number of piperidine rings is 1. The maximum absolute atomic E-state index is 12.7. The second-order valence-corrected chi connectivity index (χ2v) is 7.38. The number of nitrogens with zero attached hydrogens (tertiary/aromatic N) is 1. The van der Waals surface area contributed by atoms with E-state index in [1.54, 1.807) is 47.4 Å². The van der Waals surface area contributed by atoms with Crippen LogP contribution in [0.25, 0.3) is 0 Å². The number of carbonyl (C=O) groups is 2. The number of amides is 2. The Balaban J connectivity index is 1.40. The lowest BCUT2D eigenvalue weighted by Gasteiger charge is -2.32. The molecule has 2 aromatic carbocycles. The van der Waals surface area contributed by atoms with Crippen molar-refractivity contribution in [3.8, 4) is 11.5 Å². The number of likely N-dealkylation sites (tertiary alicyclic amines) is 1. The number of hydrogen-bond donors (Lipinski definition) is 1. The van der Waals surface area contributed by atoms with E-state index in [2.05, 4.69) is 5.32 Å².